The van der Waals surface area contributed by atoms with Gasteiger partial charge in [-0.3, -0.25) is 4.79 Å². The third-order valence-electron chi connectivity index (χ3n) is 5.84. The Hall–Kier alpha value is -2.37. The lowest BCUT2D eigenvalue weighted by molar-refractivity contribution is 0.0957. The number of thiophene rings is 1. The number of amides is 1. The van der Waals surface area contributed by atoms with Gasteiger partial charge in [-0.25, -0.2) is 4.68 Å². The van der Waals surface area contributed by atoms with Crippen molar-refractivity contribution in [2.24, 2.45) is 0 Å². The van der Waals surface area contributed by atoms with Crippen LogP contribution >= 0.6 is 22.9 Å². The standard InChI is InChI=1S/C24H26ClN3OS/c1-4-15(2)16-10-11-21(20(25)14-16)28-23-17(13-18-8-6-12-30-18)7-5-9-19(23)22(27-28)24(29)26-3/h6,8,10-15H,4-5,7,9H2,1-3H3,(H,26,29)/b17-13+. The van der Waals surface area contributed by atoms with Gasteiger partial charge in [0, 0.05) is 17.5 Å². The fourth-order valence-electron chi connectivity index (χ4n) is 3.99. The molecule has 1 amide bonds. The van der Waals surface area contributed by atoms with Gasteiger partial charge in [0.1, 0.15) is 0 Å². The molecule has 30 heavy (non-hydrogen) atoms. The van der Waals surface area contributed by atoms with Crippen LogP contribution in [-0.2, 0) is 6.42 Å². The van der Waals surface area contributed by atoms with Crippen molar-refractivity contribution in [1.82, 2.24) is 15.1 Å². The first-order chi connectivity index (χ1) is 14.5. The molecule has 6 heteroatoms. The van der Waals surface area contributed by atoms with Crippen molar-refractivity contribution in [1.29, 1.82) is 0 Å². The van der Waals surface area contributed by atoms with E-state index in [1.807, 2.05) is 16.8 Å². The Morgan fingerprint density at radius 3 is 2.87 bits per heavy atom. The first-order valence-electron chi connectivity index (χ1n) is 10.4. The highest BCUT2D eigenvalue weighted by Crippen LogP contribution is 2.38. The van der Waals surface area contributed by atoms with Crippen LogP contribution in [0.5, 0.6) is 0 Å². The van der Waals surface area contributed by atoms with E-state index in [0.717, 1.165) is 42.6 Å². The number of nitrogens with zero attached hydrogens (tertiary/aromatic N) is 2. The van der Waals surface area contributed by atoms with Crippen molar-refractivity contribution >= 4 is 40.5 Å². The SMILES string of the molecule is CCC(C)c1ccc(-n2nc(C(=O)NC)c3c2/C(=C/c2cccs2)CCC3)c(Cl)c1. The number of halogens is 1. The minimum atomic E-state index is -0.158. The van der Waals surface area contributed by atoms with Crippen molar-refractivity contribution in [3.05, 3.63) is 68.1 Å². The van der Waals surface area contributed by atoms with E-state index in [1.54, 1.807) is 18.4 Å². The molecule has 0 bridgehead atoms. The monoisotopic (exact) mass is 439 g/mol. The Balaban J connectivity index is 1.90. The topological polar surface area (TPSA) is 46.9 Å². The third-order valence-corrected chi connectivity index (χ3v) is 6.97. The maximum absolute atomic E-state index is 12.6. The van der Waals surface area contributed by atoms with Crippen LogP contribution in [0.3, 0.4) is 0 Å². The highest BCUT2D eigenvalue weighted by Gasteiger charge is 2.28. The number of hydrogen-bond acceptors (Lipinski definition) is 3. The first-order valence-corrected chi connectivity index (χ1v) is 11.7. The van der Waals surface area contributed by atoms with E-state index in [2.05, 4.69) is 48.8 Å². The molecule has 1 N–H and O–H groups in total. The molecule has 0 aliphatic heterocycles. The molecule has 2 heterocycles. The summed E-state index contributed by atoms with van der Waals surface area (Å²) in [7, 11) is 1.65. The number of carbonyl (C=O) groups is 1. The molecule has 1 aliphatic carbocycles. The van der Waals surface area contributed by atoms with Crippen LogP contribution in [0.4, 0.5) is 0 Å². The number of aromatic nitrogens is 2. The summed E-state index contributed by atoms with van der Waals surface area (Å²) >= 11 is 8.45. The zero-order chi connectivity index (χ0) is 21.3. The fourth-order valence-corrected chi connectivity index (χ4v) is 4.94. The molecule has 0 saturated heterocycles. The molecule has 4 nitrogen and oxygen atoms in total. The summed E-state index contributed by atoms with van der Waals surface area (Å²) in [6, 6.07) is 10.3. The van der Waals surface area contributed by atoms with E-state index < -0.39 is 0 Å². The van der Waals surface area contributed by atoms with Crippen LogP contribution < -0.4 is 5.32 Å². The minimum absolute atomic E-state index is 0.158. The van der Waals surface area contributed by atoms with Crippen LogP contribution in [0.2, 0.25) is 5.02 Å². The maximum atomic E-state index is 12.6. The molecule has 1 aromatic carbocycles. The number of allylic oxidation sites excluding steroid dienone is 1. The van der Waals surface area contributed by atoms with Crippen LogP contribution in [0, 0.1) is 0 Å². The summed E-state index contributed by atoms with van der Waals surface area (Å²) in [5, 5.41) is 10.2. The van der Waals surface area contributed by atoms with Crippen LogP contribution in [0.15, 0.2) is 35.7 Å². The van der Waals surface area contributed by atoms with Gasteiger partial charge >= 0.3 is 0 Å². The fraction of sp³-hybridized carbons (Fsp3) is 0.333. The van der Waals surface area contributed by atoms with E-state index in [4.69, 9.17) is 16.7 Å². The van der Waals surface area contributed by atoms with Gasteiger partial charge < -0.3 is 5.32 Å². The quantitative estimate of drug-likeness (QED) is 0.504. The van der Waals surface area contributed by atoms with Crippen molar-refractivity contribution < 1.29 is 4.79 Å². The minimum Gasteiger partial charge on any atom is -0.354 e. The predicted molar refractivity (Wildman–Crippen MR) is 126 cm³/mol. The van der Waals surface area contributed by atoms with E-state index in [0.29, 0.717) is 16.6 Å². The second-order valence-electron chi connectivity index (χ2n) is 7.73. The zero-order valence-corrected chi connectivity index (χ0v) is 19.1. The molecular formula is C24H26ClN3OS. The first kappa shape index (κ1) is 20.9. The Bertz CT molecular complexity index is 1100. The molecule has 1 unspecified atom stereocenters. The Morgan fingerprint density at radius 2 is 2.20 bits per heavy atom. The van der Waals surface area contributed by atoms with E-state index >= 15 is 0 Å². The second kappa shape index (κ2) is 8.78. The Labute approximate surface area is 186 Å². The van der Waals surface area contributed by atoms with Crippen LogP contribution in [0.25, 0.3) is 17.3 Å². The van der Waals surface area contributed by atoms with Crippen molar-refractivity contribution in [3.8, 4) is 5.69 Å². The molecule has 0 spiro atoms. The Morgan fingerprint density at radius 1 is 1.37 bits per heavy atom. The van der Waals surface area contributed by atoms with Gasteiger partial charge in [0.15, 0.2) is 5.69 Å². The number of hydrogen-bond donors (Lipinski definition) is 1. The van der Waals surface area contributed by atoms with Crippen molar-refractivity contribution in [3.63, 3.8) is 0 Å². The smallest absolute Gasteiger partial charge is 0.271 e. The van der Waals surface area contributed by atoms with Gasteiger partial charge in [-0.05, 0) is 72.4 Å². The van der Waals surface area contributed by atoms with Crippen molar-refractivity contribution in [2.45, 2.75) is 45.4 Å². The van der Waals surface area contributed by atoms with E-state index in [9.17, 15) is 4.79 Å². The summed E-state index contributed by atoms with van der Waals surface area (Å²) in [4.78, 5) is 13.8. The second-order valence-corrected chi connectivity index (χ2v) is 9.11. The summed E-state index contributed by atoms with van der Waals surface area (Å²) in [5.41, 5.74) is 5.73. The molecule has 0 radical (unpaired) electrons. The molecule has 4 rings (SSSR count). The number of rotatable bonds is 5. The molecule has 0 fully saturated rings. The molecule has 1 aliphatic rings. The molecule has 3 aromatic rings. The van der Waals surface area contributed by atoms with Crippen LogP contribution in [0.1, 0.15) is 71.2 Å². The summed E-state index contributed by atoms with van der Waals surface area (Å²) in [5.74, 6) is 0.286. The predicted octanol–water partition coefficient (Wildman–Crippen LogP) is 6.34. The lowest BCUT2D eigenvalue weighted by Crippen LogP contribution is -2.20. The highest BCUT2D eigenvalue weighted by atomic mass is 35.5. The van der Waals surface area contributed by atoms with Crippen LogP contribution in [-0.4, -0.2) is 22.7 Å². The van der Waals surface area contributed by atoms with Gasteiger partial charge in [0.05, 0.1) is 16.4 Å². The summed E-state index contributed by atoms with van der Waals surface area (Å²) < 4.78 is 1.88. The average Bonchev–Trinajstić information content (AvgIpc) is 3.41. The molecule has 156 valence electrons. The summed E-state index contributed by atoms with van der Waals surface area (Å²) in [6.45, 7) is 4.38. The molecule has 0 saturated carbocycles. The summed E-state index contributed by atoms with van der Waals surface area (Å²) in [6.07, 6.45) is 6.06. The number of nitrogens with one attached hydrogen (secondary N) is 1. The van der Waals surface area contributed by atoms with E-state index in [-0.39, 0.29) is 5.91 Å². The number of fused-ring (bicyclic) bond motifs is 1. The lowest BCUT2D eigenvalue weighted by Gasteiger charge is -2.19. The van der Waals surface area contributed by atoms with Gasteiger partial charge in [-0.2, -0.15) is 5.10 Å². The zero-order valence-electron chi connectivity index (χ0n) is 17.5. The Kier molecular flexibility index (Phi) is 6.11. The average molecular weight is 440 g/mol. The van der Waals surface area contributed by atoms with Gasteiger partial charge in [-0.1, -0.05) is 37.6 Å². The third kappa shape index (κ3) is 3.84. The van der Waals surface area contributed by atoms with Gasteiger partial charge in [0.25, 0.3) is 5.91 Å². The molecule has 2 aromatic heterocycles. The van der Waals surface area contributed by atoms with Gasteiger partial charge in [-0.15, -0.1) is 11.3 Å². The number of carbonyl (C=O) groups excluding carboxylic acids is 1. The van der Waals surface area contributed by atoms with Gasteiger partial charge in [0.2, 0.25) is 0 Å². The molecule has 1 atom stereocenters. The van der Waals surface area contributed by atoms with Crippen molar-refractivity contribution in [2.75, 3.05) is 7.05 Å². The normalized spacial score (nSPS) is 15.8. The number of benzene rings is 1. The van der Waals surface area contributed by atoms with E-state index in [1.165, 1.54) is 16.0 Å². The molecular weight excluding hydrogens is 414 g/mol. The highest BCUT2D eigenvalue weighted by molar-refractivity contribution is 7.10. The lowest BCUT2D eigenvalue weighted by atomic mass is 9.90. The largest absolute Gasteiger partial charge is 0.354 e. The maximum Gasteiger partial charge on any atom is 0.271 e.